The molecule has 0 saturated carbocycles. The Bertz CT molecular complexity index is 563. The highest BCUT2D eigenvalue weighted by molar-refractivity contribution is 6.31. The predicted octanol–water partition coefficient (Wildman–Crippen LogP) is 2.57. The van der Waals surface area contributed by atoms with Crippen LogP contribution in [0.25, 0.3) is 0 Å². The van der Waals surface area contributed by atoms with E-state index in [4.69, 9.17) is 17.4 Å². The zero-order chi connectivity index (χ0) is 13.1. The maximum Gasteiger partial charge on any atom is 0.141 e. The van der Waals surface area contributed by atoms with Crippen molar-refractivity contribution in [3.8, 4) is 0 Å². The fraction of sp³-hybridized carbons (Fsp3) is 0.0833. The summed E-state index contributed by atoms with van der Waals surface area (Å²) in [5.74, 6) is 4.48. The molecule has 1 unspecified atom stereocenters. The Kier molecular flexibility index (Phi) is 3.86. The van der Waals surface area contributed by atoms with Gasteiger partial charge in [-0.1, -0.05) is 11.6 Å². The highest BCUT2D eigenvalue weighted by atomic mass is 35.5. The van der Waals surface area contributed by atoms with Crippen molar-refractivity contribution in [1.29, 1.82) is 0 Å². The standard InChI is InChI=1S/C12H10ClF2N3/c13-11-2-1-8(14)4-10(11)12(18-16)7-3-9(15)6-17-5-7/h1-6,12,18H,16H2. The van der Waals surface area contributed by atoms with Crippen LogP contribution in [0.4, 0.5) is 8.78 Å². The van der Waals surface area contributed by atoms with E-state index in [9.17, 15) is 8.78 Å². The van der Waals surface area contributed by atoms with Crippen LogP contribution >= 0.6 is 11.6 Å². The first-order valence-corrected chi connectivity index (χ1v) is 5.51. The Hall–Kier alpha value is -1.56. The number of nitrogens with two attached hydrogens (primary N) is 1. The molecule has 94 valence electrons. The van der Waals surface area contributed by atoms with E-state index in [0.29, 0.717) is 16.1 Å². The van der Waals surface area contributed by atoms with Crippen LogP contribution in [0.3, 0.4) is 0 Å². The summed E-state index contributed by atoms with van der Waals surface area (Å²) in [5.41, 5.74) is 3.36. The molecule has 0 aliphatic heterocycles. The van der Waals surface area contributed by atoms with Crippen molar-refractivity contribution in [2.24, 2.45) is 5.84 Å². The first-order chi connectivity index (χ1) is 8.61. The number of benzene rings is 1. The average Bonchev–Trinajstić information content (AvgIpc) is 2.35. The fourth-order valence-electron chi connectivity index (χ4n) is 1.69. The summed E-state index contributed by atoms with van der Waals surface area (Å²) in [4.78, 5) is 3.72. The first-order valence-electron chi connectivity index (χ1n) is 5.13. The lowest BCUT2D eigenvalue weighted by Gasteiger charge is -2.17. The van der Waals surface area contributed by atoms with Gasteiger partial charge in [0.05, 0.1) is 12.2 Å². The number of nitrogens with one attached hydrogen (secondary N) is 1. The van der Waals surface area contributed by atoms with E-state index in [-0.39, 0.29) is 0 Å². The molecule has 2 aromatic rings. The van der Waals surface area contributed by atoms with Crippen LogP contribution < -0.4 is 11.3 Å². The van der Waals surface area contributed by atoms with Gasteiger partial charge in [0.25, 0.3) is 0 Å². The molecule has 3 nitrogen and oxygen atoms in total. The fourth-order valence-corrected chi connectivity index (χ4v) is 1.91. The molecule has 1 atom stereocenters. The molecule has 2 rings (SSSR count). The molecular formula is C12H10ClF2N3. The minimum Gasteiger partial charge on any atom is -0.271 e. The number of halogens is 3. The zero-order valence-electron chi connectivity index (χ0n) is 9.20. The monoisotopic (exact) mass is 269 g/mol. The number of hydrazine groups is 1. The zero-order valence-corrected chi connectivity index (χ0v) is 9.96. The van der Waals surface area contributed by atoms with Crippen molar-refractivity contribution in [2.75, 3.05) is 0 Å². The normalized spacial score (nSPS) is 12.4. The van der Waals surface area contributed by atoms with Crippen LogP contribution in [0.2, 0.25) is 5.02 Å². The van der Waals surface area contributed by atoms with Gasteiger partial charge in [0, 0.05) is 11.2 Å². The molecule has 0 amide bonds. The van der Waals surface area contributed by atoms with E-state index >= 15 is 0 Å². The van der Waals surface area contributed by atoms with Crippen LogP contribution in [-0.2, 0) is 0 Å². The molecule has 0 fully saturated rings. The topological polar surface area (TPSA) is 50.9 Å². The number of aromatic nitrogens is 1. The van der Waals surface area contributed by atoms with Crippen molar-refractivity contribution in [3.63, 3.8) is 0 Å². The summed E-state index contributed by atoms with van der Waals surface area (Å²) in [5, 5.41) is 0.337. The first kappa shape index (κ1) is 12.9. The van der Waals surface area contributed by atoms with Gasteiger partial charge in [0.1, 0.15) is 11.6 Å². The molecule has 0 saturated heterocycles. The molecule has 18 heavy (non-hydrogen) atoms. The lowest BCUT2D eigenvalue weighted by molar-refractivity contribution is 0.590. The predicted molar refractivity (Wildman–Crippen MR) is 64.8 cm³/mol. The van der Waals surface area contributed by atoms with Gasteiger partial charge in [-0.15, -0.1) is 0 Å². The lowest BCUT2D eigenvalue weighted by atomic mass is 10.0. The SMILES string of the molecule is NNC(c1cncc(F)c1)c1cc(F)ccc1Cl. The van der Waals surface area contributed by atoms with Gasteiger partial charge >= 0.3 is 0 Å². The van der Waals surface area contributed by atoms with Gasteiger partial charge in [0.15, 0.2) is 0 Å². The number of nitrogens with zero attached hydrogens (tertiary/aromatic N) is 1. The Morgan fingerprint density at radius 3 is 2.61 bits per heavy atom. The molecule has 3 N–H and O–H groups in total. The van der Waals surface area contributed by atoms with E-state index in [0.717, 1.165) is 6.20 Å². The summed E-state index contributed by atoms with van der Waals surface area (Å²) in [6.45, 7) is 0. The summed E-state index contributed by atoms with van der Waals surface area (Å²) in [6, 6.07) is 4.54. The molecule has 0 spiro atoms. The van der Waals surface area contributed by atoms with Crippen LogP contribution in [0.15, 0.2) is 36.7 Å². The third-order valence-electron chi connectivity index (χ3n) is 2.50. The summed E-state index contributed by atoms with van der Waals surface area (Å²) >= 11 is 5.98. The van der Waals surface area contributed by atoms with E-state index < -0.39 is 17.7 Å². The van der Waals surface area contributed by atoms with Crippen molar-refractivity contribution in [1.82, 2.24) is 10.4 Å². The Morgan fingerprint density at radius 2 is 1.94 bits per heavy atom. The van der Waals surface area contributed by atoms with Crippen LogP contribution in [-0.4, -0.2) is 4.98 Å². The summed E-state index contributed by atoms with van der Waals surface area (Å²) < 4.78 is 26.3. The molecule has 1 aromatic heterocycles. The minimum atomic E-state index is -0.628. The second-order valence-corrected chi connectivity index (χ2v) is 4.11. The maximum atomic E-state index is 13.2. The molecule has 0 aliphatic rings. The van der Waals surface area contributed by atoms with Gasteiger partial charge < -0.3 is 0 Å². The second kappa shape index (κ2) is 5.39. The van der Waals surface area contributed by atoms with E-state index in [2.05, 4.69) is 10.4 Å². The van der Waals surface area contributed by atoms with Gasteiger partial charge in [0.2, 0.25) is 0 Å². The van der Waals surface area contributed by atoms with Crippen LogP contribution in [0, 0.1) is 11.6 Å². The van der Waals surface area contributed by atoms with Gasteiger partial charge in [-0.3, -0.25) is 10.8 Å². The minimum absolute atomic E-state index is 0.337. The number of rotatable bonds is 3. The second-order valence-electron chi connectivity index (χ2n) is 3.70. The van der Waals surface area contributed by atoms with Gasteiger partial charge in [-0.05, 0) is 35.4 Å². The van der Waals surface area contributed by atoms with Crippen molar-refractivity contribution >= 4 is 11.6 Å². The third kappa shape index (κ3) is 2.64. The molecule has 0 bridgehead atoms. The number of hydrogen-bond donors (Lipinski definition) is 2. The number of pyridine rings is 1. The Labute approximate surface area is 108 Å². The van der Waals surface area contributed by atoms with Crippen LogP contribution in [0.1, 0.15) is 17.2 Å². The van der Waals surface area contributed by atoms with E-state index in [1.165, 1.54) is 30.5 Å². The van der Waals surface area contributed by atoms with Crippen molar-refractivity contribution in [2.45, 2.75) is 6.04 Å². The largest absolute Gasteiger partial charge is 0.271 e. The molecule has 6 heteroatoms. The van der Waals surface area contributed by atoms with E-state index in [1.807, 2.05) is 0 Å². The summed E-state index contributed by atoms with van der Waals surface area (Å²) in [6.07, 6.45) is 2.51. The summed E-state index contributed by atoms with van der Waals surface area (Å²) in [7, 11) is 0. The smallest absolute Gasteiger partial charge is 0.141 e. The van der Waals surface area contributed by atoms with Crippen LogP contribution in [0.5, 0.6) is 0 Å². The van der Waals surface area contributed by atoms with Gasteiger partial charge in [-0.25, -0.2) is 14.2 Å². The molecular weight excluding hydrogens is 260 g/mol. The average molecular weight is 270 g/mol. The van der Waals surface area contributed by atoms with Crippen molar-refractivity contribution in [3.05, 3.63) is 64.4 Å². The molecule has 0 aliphatic carbocycles. The maximum absolute atomic E-state index is 13.2. The Balaban J connectivity index is 2.48. The van der Waals surface area contributed by atoms with Crippen molar-refractivity contribution < 1.29 is 8.78 Å². The lowest BCUT2D eigenvalue weighted by Crippen LogP contribution is -2.29. The highest BCUT2D eigenvalue weighted by Crippen LogP contribution is 2.28. The molecule has 0 radical (unpaired) electrons. The third-order valence-corrected chi connectivity index (χ3v) is 2.84. The molecule has 1 aromatic carbocycles. The van der Waals surface area contributed by atoms with E-state index in [1.54, 1.807) is 0 Å². The molecule has 1 heterocycles. The Morgan fingerprint density at radius 1 is 1.17 bits per heavy atom. The van der Waals surface area contributed by atoms with Gasteiger partial charge in [-0.2, -0.15) is 0 Å². The number of hydrogen-bond acceptors (Lipinski definition) is 3. The quantitative estimate of drug-likeness (QED) is 0.665. The highest BCUT2D eigenvalue weighted by Gasteiger charge is 2.17.